The molecule has 144 valence electrons. The molecule has 1 N–H and O–H groups in total. The van der Waals surface area contributed by atoms with Crippen LogP contribution in [0.2, 0.25) is 0 Å². The van der Waals surface area contributed by atoms with Gasteiger partial charge in [0.15, 0.2) is 5.82 Å². The predicted molar refractivity (Wildman–Crippen MR) is 116 cm³/mol. The van der Waals surface area contributed by atoms with Gasteiger partial charge in [0.2, 0.25) is 5.95 Å². The molecule has 0 saturated carbocycles. The second-order valence-corrected chi connectivity index (χ2v) is 6.95. The first kappa shape index (κ1) is 17.4. The first-order valence-electron chi connectivity index (χ1n) is 9.72. The van der Waals surface area contributed by atoms with E-state index in [1.54, 1.807) is 12.4 Å². The SMILES string of the molecule is c1ccc(N2CCN(c3cnnc(Nc4cccc5cccnc45)n3)CC2)cc1. The van der Waals surface area contributed by atoms with Crippen LogP contribution in [0.25, 0.3) is 10.9 Å². The lowest BCUT2D eigenvalue weighted by Crippen LogP contribution is -2.46. The van der Waals surface area contributed by atoms with Gasteiger partial charge in [0.1, 0.15) is 0 Å². The number of rotatable bonds is 4. The summed E-state index contributed by atoms with van der Waals surface area (Å²) in [4.78, 5) is 13.8. The average molecular weight is 383 g/mol. The molecule has 29 heavy (non-hydrogen) atoms. The first-order chi connectivity index (χ1) is 14.4. The van der Waals surface area contributed by atoms with Crippen molar-refractivity contribution in [2.75, 3.05) is 41.3 Å². The Morgan fingerprint density at radius 2 is 1.59 bits per heavy atom. The maximum absolute atomic E-state index is 4.69. The molecular weight excluding hydrogens is 362 g/mol. The molecular formula is C22H21N7. The van der Waals surface area contributed by atoms with E-state index in [9.17, 15) is 0 Å². The van der Waals surface area contributed by atoms with Crippen LogP contribution in [0.5, 0.6) is 0 Å². The number of para-hydroxylation sites is 2. The first-order valence-corrected chi connectivity index (χ1v) is 9.72. The van der Waals surface area contributed by atoms with E-state index in [1.165, 1.54) is 5.69 Å². The quantitative estimate of drug-likeness (QED) is 0.578. The molecule has 0 amide bonds. The Kier molecular flexibility index (Phi) is 4.62. The molecule has 7 heteroatoms. The van der Waals surface area contributed by atoms with Crippen molar-refractivity contribution in [3.05, 3.63) is 73.1 Å². The van der Waals surface area contributed by atoms with Crippen LogP contribution in [0, 0.1) is 0 Å². The van der Waals surface area contributed by atoms with Crippen LogP contribution < -0.4 is 15.1 Å². The van der Waals surface area contributed by atoms with Gasteiger partial charge in [0.25, 0.3) is 0 Å². The van der Waals surface area contributed by atoms with Crippen molar-refractivity contribution in [2.45, 2.75) is 0 Å². The highest BCUT2D eigenvalue weighted by atomic mass is 15.3. The second-order valence-electron chi connectivity index (χ2n) is 6.95. The molecule has 1 fully saturated rings. The molecule has 7 nitrogen and oxygen atoms in total. The summed E-state index contributed by atoms with van der Waals surface area (Å²) < 4.78 is 0. The van der Waals surface area contributed by atoms with E-state index in [4.69, 9.17) is 4.98 Å². The Morgan fingerprint density at radius 3 is 2.45 bits per heavy atom. The number of anilines is 4. The normalized spacial score (nSPS) is 14.2. The van der Waals surface area contributed by atoms with Crippen LogP contribution in [0.15, 0.2) is 73.1 Å². The zero-order valence-electron chi connectivity index (χ0n) is 15.9. The Bertz CT molecular complexity index is 1100. The maximum atomic E-state index is 4.69. The summed E-state index contributed by atoms with van der Waals surface area (Å²) in [5, 5.41) is 12.7. The lowest BCUT2D eigenvalue weighted by Gasteiger charge is -2.36. The van der Waals surface area contributed by atoms with Gasteiger partial charge in [-0.1, -0.05) is 36.4 Å². The molecule has 1 aliphatic rings. The van der Waals surface area contributed by atoms with Gasteiger partial charge in [0, 0.05) is 43.4 Å². The molecule has 2 aromatic carbocycles. The molecule has 0 bridgehead atoms. The van der Waals surface area contributed by atoms with Crippen molar-refractivity contribution in [3.63, 3.8) is 0 Å². The lowest BCUT2D eigenvalue weighted by atomic mass is 10.2. The molecule has 1 aliphatic heterocycles. The summed E-state index contributed by atoms with van der Waals surface area (Å²) in [6, 6.07) is 20.5. The lowest BCUT2D eigenvalue weighted by molar-refractivity contribution is 0.645. The number of nitrogens with zero attached hydrogens (tertiary/aromatic N) is 6. The molecule has 4 aromatic rings. The van der Waals surface area contributed by atoms with Crippen LogP contribution in [0.4, 0.5) is 23.1 Å². The fourth-order valence-electron chi connectivity index (χ4n) is 3.66. The van der Waals surface area contributed by atoms with Gasteiger partial charge in [-0.3, -0.25) is 4.98 Å². The zero-order valence-corrected chi connectivity index (χ0v) is 15.9. The highest BCUT2D eigenvalue weighted by Gasteiger charge is 2.19. The average Bonchev–Trinajstić information content (AvgIpc) is 2.80. The van der Waals surface area contributed by atoms with Crippen LogP contribution in [-0.4, -0.2) is 46.3 Å². The van der Waals surface area contributed by atoms with Gasteiger partial charge >= 0.3 is 0 Å². The number of fused-ring (bicyclic) bond motifs is 1. The number of pyridine rings is 1. The minimum atomic E-state index is 0.478. The number of nitrogens with one attached hydrogen (secondary N) is 1. The molecule has 5 rings (SSSR count). The van der Waals surface area contributed by atoms with Crippen LogP contribution >= 0.6 is 0 Å². The van der Waals surface area contributed by atoms with Crippen LogP contribution in [0.1, 0.15) is 0 Å². The van der Waals surface area contributed by atoms with Gasteiger partial charge in [-0.25, -0.2) is 0 Å². The second kappa shape index (κ2) is 7.71. The fraction of sp³-hybridized carbons (Fsp3) is 0.182. The Hall–Kier alpha value is -3.74. The number of aromatic nitrogens is 4. The van der Waals surface area contributed by atoms with E-state index in [2.05, 4.69) is 54.6 Å². The summed E-state index contributed by atoms with van der Waals surface area (Å²) in [5.41, 5.74) is 3.02. The molecule has 2 aromatic heterocycles. The Morgan fingerprint density at radius 1 is 0.793 bits per heavy atom. The van der Waals surface area contributed by atoms with Crippen LogP contribution in [-0.2, 0) is 0 Å². The number of benzene rings is 2. The molecule has 0 radical (unpaired) electrons. The third kappa shape index (κ3) is 3.67. The van der Waals surface area contributed by atoms with E-state index in [0.29, 0.717) is 5.95 Å². The maximum Gasteiger partial charge on any atom is 0.249 e. The number of hydrogen-bond acceptors (Lipinski definition) is 7. The van der Waals surface area contributed by atoms with Crippen molar-refractivity contribution in [1.29, 1.82) is 0 Å². The topological polar surface area (TPSA) is 70.1 Å². The van der Waals surface area contributed by atoms with E-state index >= 15 is 0 Å². The van der Waals surface area contributed by atoms with Crippen molar-refractivity contribution in [1.82, 2.24) is 20.2 Å². The van der Waals surface area contributed by atoms with E-state index in [0.717, 1.165) is 48.6 Å². The van der Waals surface area contributed by atoms with Crippen molar-refractivity contribution in [3.8, 4) is 0 Å². The summed E-state index contributed by atoms with van der Waals surface area (Å²) in [5.74, 6) is 1.31. The minimum absolute atomic E-state index is 0.478. The summed E-state index contributed by atoms with van der Waals surface area (Å²) in [6.07, 6.45) is 3.51. The monoisotopic (exact) mass is 383 g/mol. The Balaban J connectivity index is 1.32. The highest BCUT2D eigenvalue weighted by Crippen LogP contribution is 2.24. The van der Waals surface area contributed by atoms with Gasteiger partial charge in [-0.2, -0.15) is 10.1 Å². The Labute approximate surface area is 169 Å². The van der Waals surface area contributed by atoms with E-state index < -0.39 is 0 Å². The largest absolute Gasteiger partial charge is 0.368 e. The minimum Gasteiger partial charge on any atom is -0.368 e. The zero-order chi connectivity index (χ0) is 19.5. The standard InChI is InChI=1S/C22H21N7/c1-2-8-18(9-3-1)28-12-14-29(15-13-28)20-16-24-27-22(26-20)25-19-10-4-6-17-7-5-11-23-21(17)19/h1-11,16H,12-15H2,(H,25,26,27). The van der Waals surface area contributed by atoms with E-state index in [-0.39, 0.29) is 0 Å². The number of piperazine rings is 1. The summed E-state index contributed by atoms with van der Waals surface area (Å²) in [7, 11) is 0. The van der Waals surface area contributed by atoms with Crippen molar-refractivity contribution < 1.29 is 0 Å². The third-order valence-electron chi connectivity index (χ3n) is 5.15. The number of hydrogen-bond donors (Lipinski definition) is 1. The molecule has 3 heterocycles. The smallest absolute Gasteiger partial charge is 0.249 e. The molecule has 0 spiro atoms. The molecule has 0 atom stereocenters. The van der Waals surface area contributed by atoms with Gasteiger partial charge in [0.05, 0.1) is 17.4 Å². The molecule has 0 aliphatic carbocycles. The summed E-state index contributed by atoms with van der Waals surface area (Å²) in [6.45, 7) is 3.68. The molecule has 0 unspecified atom stereocenters. The van der Waals surface area contributed by atoms with Crippen molar-refractivity contribution in [2.24, 2.45) is 0 Å². The predicted octanol–water partition coefficient (Wildman–Crippen LogP) is 3.49. The highest BCUT2D eigenvalue weighted by molar-refractivity contribution is 5.91. The van der Waals surface area contributed by atoms with Crippen molar-refractivity contribution >= 4 is 34.0 Å². The van der Waals surface area contributed by atoms with Gasteiger partial charge in [-0.15, -0.1) is 5.10 Å². The van der Waals surface area contributed by atoms with E-state index in [1.807, 2.05) is 36.4 Å². The third-order valence-corrected chi connectivity index (χ3v) is 5.15. The van der Waals surface area contributed by atoms with Gasteiger partial charge in [-0.05, 0) is 24.3 Å². The molecule has 1 saturated heterocycles. The fourth-order valence-corrected chi connectivity index (χ4v) is 3.66. The van der Waals surface area contributed by atoms with Crippen LogP contribution in [0.3, 0.4) is 0 Å². The van der Waals surface area contributed by atoms with Gasteiger partial charge < -0.3 is 15.1 Å². The summed E-state index contributed by atoms with van der Waals surface area (Å²) >= 11 is 0.